The molecule has 2 aromatic heterocycles. The zero-order valence-corrected chi connectivity index (χ0v) is 20.7. The zero-order chi connectivity index (χ0) is 25.1. The predicted molar refractivity (Wildman–Crippen MR) is 138 cm³/mol. The molecule has 1 N–H and O–H groups in total. The molecule has 1 aliphatic rings. The van der Waals surface area contributed by atoms with Crippen LogP contribution in [0.5, 0.6) is 0 Å². The average Bonchev–Trinajstić information content (AvgIpc) is 3.29. The van der Waals surface area contributed by atoms with Gasteiger partial charge in [0.1, 0.15) is 16.4 Å². The largest absolute Gasteiger partial charge is 0.506 e. The van der Waals surface area contributed by atoms with E-state index in [-0.39, 0.29) is 23.0 Å². The first-order valence-electron chi connectivity index (χ1n) is 11.1. The number of hydrogen-bond donors (Lipinski definition) is 1. The van der Waals surface area contributed by atoms with Crippen LogP contribution >= 0.6 is 11.8 Å². The fourth-order valence-corrected chi connectivity index (χ4v) is 4.81. The van der Waals surface area contributed by atoms with Crippen LogP contribution in [0.15, 0.2) is 76.1 Å². The van der Waals surface area contributed by atoms with Crippen LogP contribution < -0.4 is 0 Å². The van der Waals surface area contributed by atoms with Crippen molar-refractivity contribution in [3.63, 3.8) is 0 Å². The Hall–Kier alpha value is -3.91. The Labute approximate surface area is 207 Å². The number of nitrogens with zero attached hydrogens (tertiary/aromatic N) is 3. The van der Waals surface area contributed by atoms with E-state index in [1.165, 1.54) is 0 Å². The Bertz CT molecular complexity index is 1380. The number of esters is 1. The van der Waals surface area contributed by atoms with Crippen LogP contribution in [0.25, 0.3) is 11.8 Å². The first kappa shape index (κ1) is 24.2. The fraction of sp³-hybridized carbons (Fsp3) is 0.185. The third-order valence-corrected chi connectivity index (χ3v) is 6.55. The molecule has 8 heteroatoms. The normalized spacial score (nSPS) is 15.8. The highest BCUT2D eigenvalue weighted by Gasteiger charge is 2.34. The van der Waals surface area contributed by atoms with Crippen molar-refractivity contribution in [2.24, 2.45) is 4.99 Å². The van der Waals surface area contributed by atoms with E-state index in [9.17, 15) is 14.7 Å². The Balaban J connectivity index is 1.75. The molecule has 0 atom stereocenters. The highest BCUT2D eigenvalue weighted by Crippen LogP contribution is 2.40. The number of amides is 1. The highest BCUT2D eigenvalue weighted by atomic mass is 32.2. The first-order chi connectivity index (χ1) is 16.8. The number of aryl methyl sites for hydroxylation is 2. The zero-order valence-electron chi connectivity index (χ0n) is 19.9. The van der Waals surface area contributed by atoms with E-state index >= 15 is 0 Å². The van der Waals surface area contributed by atoms with Crippen molar-refractivity contribution < 1.29 is 19.4 Å². The number of pyridine rings is 1. The van der Waals surface area contributed by atoms with Gasteiger partial charge < -0.3 is 14.4 Å². The van der Waals surface area contributed by atoms with Crippen LogP contribution in [-0.2, 0) is 9.53 Å². The third kappa shape index (κ3) is 4.97. The second kappa shape index (κ2) is 10.1. The van der Waals surface area contributed by atoms with Crippen molar-refractivity contribution in [2.75, 3.05) is 6.61 Å². The lowest BCUT2D eigenvalue weighted by Crippen LogP contribution is -2.14. The highest BCUT2D eigenvalue weighted by molar-refractivity contribution is 8.18. The molecule has 0 radical (unpaired) electrons. The van der Waals surface area contributed by atoms with Crippen molar-refractivity contribution in [3.8, 4) is 5.69 Å². The number of thioether (sulfide) groups is 1. The maximum Gasteiger partial charge on any atom is 0.344 e. The van der Waals surface area contributed by atoms with Crippen molar-refractivity contribution >= 4 is 34.8 Å². The van der Waals surface area contributed by atoms with Gasteiger partial charge in [-0.15, -0.1) is 0 Å². The number of benzene rings is 1. The molecule has 35 heavy (non-hydrogen) atoms. The van der Waals surface area contributed by atoms with Crippen LogP contribution in [0.1, 0.15) is 39.8 Å². The van der Waals surface area contributed by atoms with Gasteiger partial charge in [0.25, 0.3) is 5.91 Å². The third-order valence-electron chi connectivity index (χ3n) is 5.53. The lowest BCUT2D eigenvalue weighted by atomic mass is 10.1. The van der Waals surface area contributed by atoms with Gasteiger partial charge in [-0.3, -0.25) is 9.78 Å². The molecule has 3 heterocycles. The molecule has 0 unspecified atom stereocenters. The van der Waals surface area contributed by atoms with Gasteiger partial charge in [0.15, 0.2) is 0 Å². The number of hydrogen-bond acceptors (Lipinski definition) is 6. The number of carbonyl (C=O) groups excluding carboxylic acids is 2. The molecule has 4 rings (SSSR count). The first-order valence-corrected chi connectivity index (χ1v) is 11.9. The predicted octanol–water partition coefficient (Wildman–Crippen LogP) is 5.50. The molecule has 1 aromatic carbocycles. The van der Waals surface area contributed by atoms with E-state index in [4.69, 9.17) is 4.74 Å². The molecular weight excluding hydrogens is 462 g/mol. The number of aromatic nitrogens is 2. The lowest BCUT2D eigenvalue weighted by Gasteiger charge is -2.08. The van der Waals surface area contributed by atoms with Crippen LogP contribution in [0, 0.1) is 20.8 Å². The Kier molecular flexibility index (Phi) is 7.02. The SMILES string of the molecule is CCOC(=O)C1=C(O)/C(=C/c2cc(C)n(-c3cccnc3)c2C)SC1=NC(=O)c1ccc(C)cc1. The van der Waals surface area contributed by atoms with E-state index in [2.05, 4.69) is 14.5 Å². The summed E-state index contributed by atoms with van der Waals surface area (Å²) in [6.45, 7) is 7.68. The molecule has 1 aliphatic heterocycles. The topological polar surface area (TPSA) is 93.8 Å². The van der Waals surface area contributed by atoms with Gasteiger partial charge >= 0.3 is 5.97 Å². The molecule has 0 saturated heterocycles. The Morgan fingerprint density at radius 3 is 2.57 bits per heavy atom. The van der Waals surface area contributed by atoms with Gasteiger partial charge in [0.2, 0.25) is 0 Å². The number of carbonyl (C=O) groups is 2. The molecule has 0 saturated carbocycles. The minimum atomic E-state index is -0.725. The van der Waals surface area contributed by atoms with Crippen molar-refractivity contribution in [3.05, 3.63) is 99.2 Å². The molecule has 0 aliphatic carbocycles. The number of aliphatic hydroxyl groups is 1. The van der Waals surface area contributed by atoms with Crippen LogP contribution in [0.3, 0.4) is 0 Å². The van der Waals surface area contributed by atoms with Crippen molar-refractivity contribution in [1.82, 2.24) is 9.55 Å². The van der Waals surface area contributed by atoms with Crippen molar-refractivity contribution in [2.45, 2.75) is 27.7 Å². The number of rotatable bonds is 5. The molecule has 1 amide bonds. The van der Waals surface area contributed by atoms with E-state index < -0.39 is 11.9 Å². The summed E-state index contributed by atoms with van der Waals surface area (Å²) in [4.78, 5) is 34.2. The summed E-state index contributed by atoms with van der Waals surface area (Å²) in [5.41, 5.74) is 5.01. The summed E-state index contributed by atoms with van der Waals surface area (Å²) >= 11 is 1.07. The second-order valence-electron chi connectivity index (χ2n) is 8.02. The summed E-state index contributed by atoms with van der Waals surface area (Å²) in [5, 5.41) is 11.1. The molecule has 3 aromatic rings. The smallest absolute Gasteiger partial charge is 0.344 e. The van der Waals surface area contributed by atoms with Gasteiger partial charge in [-0.05, 0) is 69.7 Å². The van der Waals surface area contributed by atoms with Crippen LogP contribution in [0.4, 0.5) is 0 Å². The number of ether oxygens (including phenoxy) is 1. The average molecular weight is 488 g/mol. The monoisotopic (exact) mass is 487 g/mol. The van der Waals surface area contributed by atoms with E-state index in [0.717, 1.165) is 40.0 Å². The van der Waals surface area contributed by atoms with E-state index in [0.29, 0.717) is 10.5 Å². The summed E-state index contributed by atoms with van der Waals surface area (Å²) in [6.07, 6.45) is 5.28. The summed E-state index contributed by atoms with van der Waals surface area (Å²) in [7, 11) is 0. The summed E-state index contributed by atoms with van der Waals surface area (Å²) in [6, 6.07) is 12.8. The summed E-state index contributed by atoms with van der Waals surface area (Å²) < 4.78 is 7.19. The minimum absolute atomic E-state index is 0.107. The summed E-state index contributed by atoms with van der Waals surface area (Å²) in [5.74, 6) is -1.48. The van der Waals surface area contributed by atoms with Gasteiger partial charge in [-0.25, -0.2) is 9.79 Å². The standard InChI is InChI=1S/C27H25N3O4S/c1-5-34-27(33)23-24(31)22(35-26(23)29-25(32)19-10-8-16(2)9-11-19)14-20-13-17(3)30(18(20)4)21-7-6-12-28-15-21/h6-15,31H,5H2,1-4H3/b22-14-,29-26?. The molecule has 7 nitrogen and oxygen atoms in total. The molecule has 0 bridgehead atoms. The number of aliphatic imine (C=N–C) groups is 1. The van der Waals surface area contributed by atoms with Crippen molar-refractivity contribution in [1.29, 1.82) is 0 Å². The quantitative estimate of drug-likeness (QED) is 0.478. The van der Waals surface area contributed by atoms with Gasteiger partial charge in [-0.1, -0.05) is 29.5 Å². The van der Waals surface area contributed by atoms with Crippen LogP contribution in [0.2, 0.25) is 0 Å². The Morgan fingerprint density at radius 1 is 1.17 bits per heavy atom. The van der Waals surface area contributed by atoms with Crippen LogP contribution in [-0.4, -0.2) is 38.2 Å². The molecule has 0 fully saturated rings. The Morgan fingerprint density at radius 2 is 1.91 bits per heavy atom. The fourth-order valence-electron chi connectivity index (χ4n) is 3.80. The second-order valence-corrected chi connectivity index (χ2v) is 9.05. The maximum absolute atomic E-state index is 12.8. The minimum Gasteiger partial charge on any atom is -0.506 e. The van der Waals surface area contributed by atoms with Gasteiger partial charge in [0.05, 0.1) is 23.4 Å². The maximum atomic E-state index is 12.8. The molecule has 0 spiro atoms. The van der Waals surface area contributed by atoms with E-state index in [1.807, 2.05) is 51.1 Å². The van der Waals surface area contributed by atoms with E-state index in [1.54, 1.807) is 37.5 Å². The van der Waals surface area contributed by atoms with Gasteiger partial charge in [-0.2, -0.15) is 0 Å². The lowest BCUT2D eigenvalue weighted by molar-refractivity contribution is -0.138. The van der Waals surface area contributed by atoms with Gasteiger partial charge in [0, 0.05) is 23.1 Å². The molecule has 178 valence electrons. The number of aliphatic hydroxyl groups excluding tert-OH is 1. The molecular formula is C27H25N3O4S.